The summed E-state index contributed by atoms with van der Waals surface area (Å²) in [6, 6.07) is 7.13. The van der Waals surface area contributed by atoms with E-state index in [1.165, 1.54) is 0 Å². The van der Waals surface area contributed by atoms with Crippen molar-refractivity contribution in [2.45, 2.75) is 6.42 Å². The minimum Gasteiger partial charge on any atom is -0.323 e. The molecule has 5 heteroatoms. The molecule has 0 radical (unpaired) electrons. The summed E-state index contributed by atoms with van der Waals surface area (Å²) in [5.74, 6) is 0. The Kier molecular flexibility index (Phi) is 4.44. The van der Waals surface area contributed by atoms with E-state index >= 15 is 0 Å². The van der Waals surface area contributed by atoms with Crippen molar-refractivity contribution in [1.29, 1.82) is 0 Å². The molecule has 2 amide bonds. The van der Waals surface area contributed by atoms with Crippen LogP contribution in [0.5, 0.6) is 0 Å². The molecule has 1 aliphatic rings. The van der Waals surface area contributed by atoms with Crippen LogP contribution in [0.1, 0.15) is 6.42 Å². The van der Waals surface area contributed by atoms with Gasteiger partial charge >= 0.3 is 6.03 Å². The van der Waals surface area contributed by atoms with Gasteiger partial charge in [-0.25, -0.2) is 4.79 Å². The molecule has 1 aromatic rings. The molecule has 1 fully saturated rings. The van der Waals surface area contributed by atoms with E-state index in [-0.39, 0.29) is 6.03 Å². The van der Waals surface area contributed by atoms with Gasteiger partial charge in [0, 0.05) is 30.3 Å². The first-order valence-corrected chi connectivity index (χ1v) is 6.53. The number of carbonyl (C=O) groups is 1. The average molecular weight is 268 g/mol. The van der Waals surface area contributed by atoms with Crippen molar-refractivity contribution in [3.8, 4) is 0 Å². The van der Waals surface area contributed by atoms with Gasteiger partial charge in [-0.15, -0.1) is 0 Å². The first-order valence-electron chi connectivity index (χ1n) is 6.15. The number of nitrogens with one attached hydrogen (secondary N) is 1. The number of benzene rings is 1. The van der Waals surface area contributed by atoms with E-state index in [1.54, 1.807) is 12.1 Å². The zero-order valence-corrected chi connectivity index (χ0v) is 11.3. The molecular formula is C13H18ClN3O. The Balaban J connectivity index is 1.92. The van der Waals surface area contributed by atoms with Crippen LogP contribution in [0.15, 0.2) is 24.3 Å². The van der Waals surface area contributed by atoms with Crippen molar-refractivity contribution in [2.24, 2.45) is 0 Å². The van der Waals surface area contributed by atoms with Crippen LogP contribution >= 0.6 is 11.6 Å². The fraction of sp³-hybridized carbons (Fsp3) is 0.462. The zero-order chi connectivity index (χ0) is 13.0. The molecule has 0 bridgehead atoms. The predicted octanol–water partition coefficient (Wildman–Crippen LogP) is 2.51. The summed E-state index contributed by atoms with van der Waals surface area (Å²) in [5.41, 5.74) is 0.780. The van der Waals surface area contributed by atoms with E-state index < -0.39 is 0 Å². The Morgan fingerprint density at radius 1 is 1.17 bits per heavy atom. The standard InChI is InChI=1S/C13H18ClN3O/c1-16-7-2-8-17(10-9-16)13(18)15-12-5-3-11(14)4-6-12/h3-6H,2,7-10H2,1H3,(H,15,18). The second kappa shape index (κ2) is 6.07. The molecule has 0 saturated carbocycles. The maximum atomic E-state index is 12.1. The largest absolute Gasteiger partial charge is 0.323 e. The van der Waals surface area contributed by atoms with Crippen molar-refractivity contribution in [3.63, 3.8) is 0 Å². The molecule has 2 rings (SSSR count). The fourth-order valence-electron chi connectivity index (χ4n) is 1.99. The Hall–Kier alpha value is -1.26. The normalized spacial score (nSPS) is 17.3. The fourth-order valence-corrected chi connectivity index (χ4v) is 2.11. The monoisotopic (exact) mass is 267 g/mol. The molecule has 0 unspecified atom stereocenters. The molecule has 1 aromatic carbocycles. The number of likely N-dealkylation sites (N-methyl/N-ethyl adjacent to an activating group) is 1. The zero-order valence-electron chi connectivity index (χ0n) is 10.5. The highest BCUT2D eigenvalue weighted by molar-refractivity contribution is 6.30. The van der Waals surface area contributed by atoms with Crippen LogP contribution in [0.2, 0.25) is 5.02 Å². The second-order valence-corrected chi connectivity index (χ2v) is 5.02. The summed E-state index contributed by atoms with van der Waals surface area (Å²) < 4.78 is 0. The highest BCUT2D eigenvalue weighted by Gasteiger charge is 2.17. The summed E-state index contributed by atoms with van der Waals surface area (Å²) in [6.45, 7) is 3.55. The van der Waals surface area contributed by atoms with Gasteiger partial charge in [0.15, 0.2) is 0 Å². The maximum absolute atomic E-state index is 12.1. The van der Waals surface area contributed by atoms with Gasteiger partial charge in [-0.3, -0.25) is 0 Å². The van der Waals surface area contributed by atoms with Crippen LogP contribution in [-0.4, -0.2) is 49.1 Å². The number of rotatable bonds is 1. The Morgan fingerprint density at radius 3 is 2.61 bits per heavy atom. The number of nitrogens with zero attached hydrogens (tertiary/aromatic N) is 2. The Bertz CT molecular complexity index is 407. The first-order chi connectivity index (χ1) is 8.65. The summed E-state index contributed by atoms with van der Waals surface area (Å²) >= 11 is 5.81. The highest BCUT2D eigenvalue weighted by atomic mass is 35.5. The third-order valence-corrected chi connectivity index (χ3v) is 3.35. The van der Waals surface area contributed by atoms with Crippen LogP contribution in [0.4, 0.5) is 10.5 Å². The van der Waals surface area contributed by atoms with Crippen molar-refractivity contribution in [3.05, 3.63) is 29.3 Å². The van der Waals surface area contributed by atoms with Gasteiger partial charge in [0.05, 0.1) is 0 Å². The van der Waals surface area contributed by atoms with Crippen molar-refractivity contribution in [2.75, 3.05) is 38.5 Å². The minimum absolute atomic E-state index is 0.0346. The lowest BCUT2D eigenvalue weighted by molar-refractivity contribution is 0.213. The average Bonchev–Trinajstić information content (AvgIpc) is 2.57. The van der Waals surface area contributed by atoms with Gasteiger partial charge in [-0.05, 0) is 44.3 Å². The molecule has 0 aromatic heterocycles. The lowest BCUT2D eigenvalue weighted by Gasteiger charge is -2.21. The molecular weight excluding hydrogens is 250 g/mol. The van der Waals surface area contributed by atoms with Crippen molar-refractivity contribution in [1.82, 2.24) is 9.80 Å². The number of amides is 2. The van der Waals surface area contributed by atoms with Crippen molar-refractivity contribution < 1.29 is 4.79 Å². The SMILES string of the molecule is CN1CCCN(C(=O)Nc2ccc(Cl)cc2)CC1. The van der Waals surface area contributed by atoms with E-state index in [0.29, 0.717) is 5.02 Å². The molecule has 0 atom stereocenters. The molecule has 1 N–H and O–H groups in total. The van der Waals surface area contributed by atoms with E-state index in [1.807, 2.05) is 17.0 Å². The summed E-state index contributed by atoms with van der Waals surface area (Å²) in [7, 11) is 2.08. The Labute approximate surface area is 113 Å². The minimum atomic E-state index is -0.0346. The lowest BCUT2D eigenvalue weighted by Crippen LogP contribution is -2.37. The molecule has 1 aliphatic heterocycles. The molecule has 4 nitrogen and oxygen atoms in total. The molecule has 0 aliphatic carbocycles. The van der Waals surface area contributed by atoms with E-state index in [9.17, 15) is 4.79 Å². The number of urea groups is 1. The van der Waals surface area contributed by atoms with Gasteiger partial charge < -0.3 is 15.1 Å². The smallest absolute Gasteiger partial charge is 0.321 e. The van der Waals surface area contributed by atoms with Crippen LogP contribution in [0.25, 0.3) is 0 Å². The van der Waals surface area contributed by atoms with Gasteiger partial charge in [-0.1, -0.05) is 11.6 Å². The second-order valence-electron chi connectivity index (χ2n) is 4.58. The van der Waals surface area contributed by atoms with Gasteiger partial charge in [0.2, 0.25) is 0 Å². The van der Waals surface area contributed by atoms with E-state index in [0.717, 1.165) is 38.3 Å². The van der Waals surface area contributed by atoms with Gasteiger partial charge in [-0.2, -0.15) is 0 Å². The quantitative estimate of drug-likeness (QED) is 0.849. The number of anilines is 1. The number of carbonyl (C=O) groups excluding carboxylic acids is 1. The first kappa shape index (κ1) is 13.2. The van der Waals surface area contributed by atoms with Gasteiger partial charge in [0.25, 0.3) is 0 Å². The maximum Gasteiger partial charge on any atom is 0.321 e. The summed E-state index contributed by atoms with van der Waals surface area (Å²) in [5, 5.41) is 3.56. The van der Waals surface area contributed by atoms with Gasteiger partial charge in [0.1, 0.15) is 0 Å². The molecule has 98 valence electrons. The van der Waals surface area contributed by atoms with E-state index in [4.69, 9.17) is 11.6 Å². The topological polar surface area (TPSA) is 35.6 Å². The van der Waals surface area contributed by atoms with Crippen molar-refractivity contribution >= 4 is 23.3 Å². The Morgan fingerprint density at radius 2 is 1.89 bits per heavy atom. The third kappa shape index (κ3) is 3.62. The lowest BCUT2D eigenvalue weighted by atomic mass is 10.3. The van der Waals surface area contributed by atoms with Crippen LogP contribution in [0.3, 0.4) is 0 Å². The molecule has 0 spiro atoms. The molecule has 1 heterocycles. The van der Waals surface area contributed by atoms with Crippen LogP contribution in [-0.2, 0) is 0 Å². The number of hydrogen-bond acceptors (Lipinski definition) is 2. The highest BCUT2D eigenvalue weighted by Crippen LogP contribution is 2.14. The summed E-state index contributed by atoms with van der Waals surface area (Å²) in [6.07, 6.45) is 1.02. The van der Waals surface area contributed by atoms with Crippen LogP contribution < -0.4 is 5.32 Å². The predicted molar refractivity (Wildman–Crippen MR) is 74.2 cm³/mol. The van der Waals surface area contributed by atoms with E-state index in [2.05, 4.69) is 17.3 Å². The van der Waals surface area contributed by atoms with Crippen LogP contribution in [0, 0.1) is 0 Å². The third-order valence-electron chi connectivity index (χ3n) is 3.10. The number of halogens is 1. The molecule has 1 saturated heterocycles. The summed E-state index contributed by atoms with van der Waals surface area (Å²) in [4.78, 5) is 16.2. The molecule has 18 heavy (non-hydrogen) atoms. The number of hydrogen-bond donors (Lipinski definition) is 1.